The van der Waals surface area contributed by atoms with E-state index in [0.29, 0.717) is 34.4 Å². The quantitative estimate of drug-likeness (QED) is 0.562. The van der Waals surface area contributed by atoms with E-state index in [-0.39, 0.29) is 0 Å². The molecule has 1 aromatic carbocycles. The second kappa shape index (κ2) is 6.45. The molecule has 8 heteroatoms. The zero-order valence-electron chi connectivity index (χ0n) is 13.3. The Morgan fingerprint density at radius 1 is 1.20 bits per heavy atom. The normalized spacial score (nSPS) is 11.0. The van der Waals surface area contributed by atoms with Gasteiger partial charge in [-0.15, -0.1) is 0 Å². The highest BCUT2D eigenvalue weighted by atomic mass is 35.5. The molecule has 0 spiro atoms. The smallest absolute Gasteiger partial charge is 0.182 e. The molecule has 0 radical (unpaired) electrons. The van der Waals surface area contributed by atoms with Crippen molar-refractivity contribution in [3.63, 3.8) is 0 Å². The maximum Gasteiger partial charge on any atom is 0.182 e. The largest absolute Gasteiger partial charge is 0.495 e. The Balaban J connectivity index is 1.71. The summed E-state index contributed by atoms with van der Waals surface area (Å²) in [5.41, 5.74) is 3.14. The van der Waals surface area contributed by atoms with Crippen LogP contribution >= 0.6 is 11.6 Å². The SMILES string of the molecule is COc1ccc(Cc2nc3c(-c4cncnc4)nccn3n2)cc1Cl. The van der Waals surface area contributed by atoms with Crippen LogP contribution in [0.5, 0.6) is 5.75 Å². The molecule has 124 valence electrons. The Morgan fingerprint density at radius 3 is 2.80 bits per heavy atom. The number of aromatic nitrogens is 6. The van der Waals surface area contributed by atoms with Crippen LogP contribution in [0.1, 0.15) is 11.4 Å². The molecule has 25 heavy (non-hydrogen) atoms. The second-order valence-corrected chi connectivity index (χ2v) is 5.75. The maximum absolute atomic E-state index is 6.18. The molecular formula is C17H13ClN6O. The van der Waals surface area contributed by atoms with Crippen LogP contribution in [0.4, 0.5) is 0 Å². The Kier molecular flexibility index (Phi) is 3.99. The monoisotopic (exact) mass is 352 g/mol. The van der Waals surface area contributed by atoms with E-state index in [1.54, 1.807) is 36.4 Å². The van der Waals surface area contributed by atoms with Crippen LogP contribution in [-0.2, 0) is 6.42 Å². The summed E-state index contributed by atoms with van der Waals surface area (Å²) < 4.78 is 6.88. The summed E-state index contributed by atoms with van der Waals surface area (Å²) in [4.78, 5) is 17.1. The van der Waals surface area contributed by atoms with Crippen LogP contribution in [0.25, 0.3) is 16.9 Å². The van der Waals surface area contributed by atoms with Gasteiger partial charge < -0.3 is 4.74 Å². The van der Waals surface area contributed by atoms with E-state index in [2.05, 4.69) is 25.0 Å². The van der Waals surface area contributed by atoms with Crippen molar-refractivity contribution in [2.75, 3.05) is 7.11 Å². The van der Waals surface area contributed by atoms with Gasteiger partial charge in [-0.3, -0.25) is 4.98 Å². The van der Waals surface area contributed by atoms with E-state index in [9.17, 15) is 0 Å². The third kappa shape index (κ3) is 3.01. The minimum absolute atomic E-state index is 0.552. The first-order valence-corrected chi connectivity index (χ1v) is 7.90. The lowest BCUT2D eigenvalue weighted by molar-refractivity contribution is 0.415. The van der Waals surface area contributed by atoms with Crippen LogP contribution in [0, 0.1) is 0 Å². The number of ether oxygens (including phenoxy) is 1. The predicted octanol–water partition coefficient (Wildman–Crippen LogP) is 2.83. The zero-order valence-corrected chi connectivity index (χ0v) is 14.1. The molecule has 0 aliphatic carbocycles. The molecule has 4 rings (SSSR count). The van der Waals surface area contributed by atoms with Crippen molar-refractivity contribution in [2.24, 2.45) is 0 Å². The Hall–Kier alpha value is -3.06. The number of benzene rings is 1. The minimum Gasteiger partial charge on any atom is -0.495 e. The number of hydrogen-bond donors (Lipinski definition) is 0. The first kappa shape index (κ1) is 15.5. The summed E-state index contributed by atoms with van der Waals surface area (Å²) in [6.45, 7) is 0. The fraction of sp³-hybridized carbons (Fsp3) is 0.118. The first-order valence-electron chi connectivity index (χ1n) is 7.52. The molecule has 0 bridgehead atoms. The Morgan fingerprint density at radius 2 is 2.04 bits per heavy atom. The molecule has 4 aromatic rings. The van der Waals surface area contributed by atoms with Crippen LogP contribution < -0.4 is 4.74 Å². The standard InChI is InChI=1S/C17H13ClN6O/c1-25-14-3-2-11(6-13(14)18)7-15-22-17-16(12-8-19-10-20-9-12)21-4-5-24(17)23-15/h2-6,8-10H,7H2,1H3. The third-order valence-electron chi connectivity index (χ3n) is 3.71. The Labute approximate surface area is 148 Å². The van der Waals surface area contributed by atoms with E-state index in [4.69, 9.17) is 16.3 Å². The highest BCUT2D eigenvalue weighted by Crippen LogP contribution is 2.26. The number of nitrogens with zero attached hydrogens (tertiary/aromatic N) is 6. The first-order chi connectivity index (χ1) is 12.2. The summed E-state index contributed by atoms with van der Waals surface area (Å²) in [5, 5.41) is 5.08. The molecule has 0 fully saturated rings. The van der Waals surface area contributed by atoms with E-state index < -0.39 is 0 Å². The average Bonchev–Trinajstić information content (AvgIpc) is 3.05. The van der Waals surface area contributed by atoms with Crippen molar-refractivity contribution in [3.05, 3.63) is 65.7 Å². The highest BCUT2D eigenvalue weighted by molar-refractivity contribution is 6.32. The average molecular weight is 353 g/mol. The Bertz CT molecular complexity index is 1030. The molecule has 3 heterocycles. The third-order valence-corrected chi connectivity index (χ3v) is 4.01. The summed E-state index contributed by atoms with van der Waals surface area (Å²) >= 11 is 6.18. The lowest BCUT2D eigenvalue weighted by Crippen LogP contribution is -1.94. The van der Waals surface area contributed by atoms with Crippen LogP contribution in [0.15, 0.2) is 49.3 Å². The molecule has 3 aromatic heterocycles. The van der Waals surface area contributed by atoms with E-state index in [1.165, 1.54) is 6.33 Å². The molecule has 0 amide bonds. The molecule has 0 saturated carbocycles. The molecule has 7 nitrogen and oxygen atoms in total. The molecule has 0 aliphatic rings. The van der Waals surface area contributed by atoms with Crippen molar-refractivity contribution in [1.29, 1.82) is 0 Å². The van der Waals surface area contributed by atoms with Gasteiger partial charge in [-0.25, -0.2) is 19.5 Å². The maximum atomic E-state index is 6.18. The second-order valence-electron chi connectivity index (χ2n) is 5.34. The fourth-order valence-electron chi connectivity index (χ4n) is 2.56. The van der Waals surface area contributed by atoms with E-state index in [0.717, 1.165) is 11.1 Å². The van der Waals surface area contributed by atoms with Gasteiger partial charge in [-0.05, 0) is 17.7 Å². The van der Waals surface area contributed by atoms with Crippen molar-refractivity contribution < 1.29 is 4.74 Å². The molecule has 0 unspecified atom stereocenters. The number of methoxy groups -OCH3 is 1. The molecule has 0 aliphatic heterocycles. The topological polar surface area (TPSA) is 78.1 Å². The highest BCUT2D eigenvalue weighted by Gasteiger charge is 2.12. The van der Waals surface area contributed by atoms with Crippen molar-refractivity contribution in [2.45, 2.75) is 6.42 Å². The molecule has 0 N–H and O–H groups in total. The predicted molar refractivity (Wildman–Crippen MR) is 92.6 cm³/mol. The molecular weight excluding hydrogens is 340 g/mol. The van der Waals surface area contributed by atoms with Crippen LogP contribution in [0.3, 0.4) is 0 Å². The molecule has 0 atom stereocenters. The van der Waals surface area contributed by atoms with Gasteiger partial charge in [0.1, 0.15) is 17.8 Å². The lowest BCUT2D eigenvalue weighted by Gasteiger charge is -2.04. The fourth-order valence-corrected chi connectivity index (χ4v) is 2.84. The van der Waals surface area contributed by atoms with Crippen molar-refractivity contribution in [1.82, 2.24) is 29.5 Å². The summed E-state index contributed by atoms with van der Waals surface area (Å²) in [6, 6.07) is 5.64. The van der Waals surface area contributed by atoms with Gasteiger partial charge in [-0.2, -0.15) is 5.10 Å². The molecule has 0 saturated heterocycles. The van der Waals surface area contributed by atoms with Gasteiger partial charge >= 0.3 is 0 Å². The van der Waals surface area contributed by atoms with Gasteiger partial charge in [0.05, 0.1) is 12.1 Å². The van der Waals surface area contributed by atoms with Crippen molar-refractivity contribution in [3.8, 4) is 17.0 Å². The van der Waals surface area contributed by atoms with Gasteiger partial charge in [0, 0.05) is 36.8 Å². The van der Waals surface area contributed by atoms with Gasteiger partial charge in [0.25, 0.3) is 0 Å². The number of hydrogen-bond acceptors (Lipinski definition) is 6. The van der Waals surface area contributed by atoms with Gasteiger partial charge in [-0.1, -0.05) is 17.7 Å². The number of fused-ring (bicyclic) bond motifs is 1. The number of halogens is 1. The van der Waals surface area contributed by atoms with Gasteiger partial charge in [0.2, 0.25) is 0 Å². The van der Waals surface area contributed by atoms with Crippen molar-refractivity contribution >= 4 is 17.2 Å². The minimum atomic E-state index is 0.552. The van der Waals surface area contributed by atoms with E-state index in [1.807, 2.05) is 18.2 Å². The van der Waals surface area contributed by atoms with E-state index >= 15 is 0 Å². The zero-order chi connectivity index (χ0) is 17.2. The van der Waals surface area contributed by atoms with Crippen LogP contribution in [-0.4, -0.2) is 36.7 Å². The summed E-state index contributed by atoms with van der Waals surface area (Å²) in [7, 11) is 1.59. The lowest BCUT2D eigenvalue weighted by atomic mass is 10.1. The number of rotatable bonds is 4. The van der Waals surface area contributed by atoms with Gasteiger partial charge in [0.15, 0.2) is 11.5 Å². The van der Waals surface area contributed by atoms with Crippen LogP contribution in [0.2, 0.25) is 5.02 Å². The summed E-state index contributed by atoms with van der Waals surface area (Å²) in [6.07, 6.45) is 8.88. The summed E-state index contributed by atoms with van der Waals surface area (Å²) in [5.74, 6) is 1.32.